The lowest BCUT2D eigenvalue weighted by atomic mass is 10.0. The molecule has 0 amide bonds. The summed E-state index contributed by atoms with van der Waals surface area (Å²) >= 11 is 5.79. The minimum Gasteiger partial charge on any atom is -0.437 e. The van der Waals surface area contributed by atoms with Gasteiger partial charge in [-0.2, -0.15) is 4.98 Å². The molecule has 0 bridgehead atoms. The van der Waals surface area contributed by atoms with Gasteiger partial charge >= 0.3 is 0 Å². The third-order valence-electron chi connectivity index (χ3n) is 3.79. The van der Waals surface area contributed by atoms with Crippen molar-refractivity contribution in [2.24, 2.45) is 0 Å². The molecular weight excluding hydrogens is 355 g/mol. The third-order valence-corrected chi connectivity index (χ3v) is 4.08. The van der Waals surface area contributed by atoms with Gasteiger partial charge in [0.05, 0.1) is 5.02 Å². The lowest BCUT2D eigenvalue weighted by Gasteiger charge is -2.12. The molecule has 1 heterocycles. The number of hydrogen-bond acceptors (Lipinski definition) is 5. The van der Waals surface area contributed by atoms with Crippen LogP contribution in [0.1, 0.15) is 25.3 Å². The van der Waals surface area contributed by atoms with E-state index in [0.29, 0.717) is 23.2 Å². The molecule has 0 saturated carbocycles. The Morgan fingerprint density at radius 3 is 2.50 bits per heavy atom. The van der Waals surface area contributed by atoms with Gasteiger partial charge in [0.2, 0.25) is 5.88 Å². The highest BCUT2D eigenvalue weighted by Crippen LogP contribution is 2.32. The number of nitrogens with zero attached hydrogens (tertiary/aromatic N) is 2. The topological polar surface area (TPSA) is 73.1 Å². The molecule has 7 heteroatoms. The first-order chi connectivity index (χ1) is 12.4. The molecule has 3 N–H and O–H groups in total. The fraction of sp³-hybridized carbons (Fsp3) is 0.158. The van der Waals surface area contributed by atoms with E-state index in [1.165, 1.54) is 30.1 Å². The van der Waals surface area contributed by atoms with E-state index in [4.69, 9.17) is 22.1 Å². The Bertz CT molecular complexity index is 916. The van der Waals surface area contributed by atoms with Crippen molar-refractivity contribution in [3.8, 4) is 11.6 Å². The van der Waals surface area contributed by atoms with Crippen molar-refractivity contribution in [3.63, 3.8) is 0 Å². The second-order valence-electron chi connectivity index (χ2n) is 6.02. The van der Waals surface area contributed by atoms with Gasteiger partial charge in [-0.15, -0.1) is 0 Å². The van der Waals surface area contributed by atoms with E-state index in [2.05, 4.69) is 29.1 Å². The van der Waals surface area contributed by atoms with Crippen LogP contribution in [-0.4, -0.2) is 9.97 Å². The number of rotatable bonds is 5. The number of nitrogen functional groups attached to an aromatic ring is 1. The average Bonchev–Trinajstić information content (AvgIpc) is 2.62. The summed E-state index contributed by atoms with van der Waals surface area (Å²) in [4.78, 5) is 8.18. The second kappa shape index (κ2) is 7.58. The Morgan fingerprint density at radius 1 is 1.12 bits per heavy atom. The minimum absolute atomic E-state index is 0.00402. The molecule has 3 rings (SSSR count). The van der Waals surface area contributed by atoms with Gasteiger partial charge in [-0.1, -0.05) is 37.6 Å². The van der Waals surface area contributed by atoms with E-state index in [-0.39, 0.29) is 16.6 Å². The molecule has 0 aliphatic carbocycles. The van der Waals surface area contributed by atoms with Gasteiger partial charge in [-0.25, -0.2) is 9.37 Å². The van der Waals surface area contributed by atoms with Gasteiger partial charge < -0.3 is 15.8 Å². The Kier molecular flexibility index (Phi) is 5.23. The first kappa shape index (κ1) is 17.9. The van der Waals surface area contributed by atoms with Crippen LogP contribution in [0.5, 0.6) is 11.6 Å². The maximum atomic E-state index is 13.3. The molecule has 134 valence electrons. The average molecular weight is 373 g/mol. The molecule has 0 atom stereocenters. The number of aromatic nitrogens is 2. The number of halogens is 2. The van der Waals surface area contributed by atoms with E-state index in [1.54, 1.807) is 0 Å². The van der Waals surface area contributed by atoms with Crippen molar-refractivity contribution in [1.29, 1.82) is 0 Å². The van der Waals surface area contributed by atoms with Crippen molar-refractivity contribution < 1.29 is 9.13 Å². The van der Waals surface area contributed by atoms with Gasteiger partial charge in [0.25, 0.3) is 0 Å². The number of anilines is 3. The van der Waals surface area contributed by atoms with Crippen molar-refractivity contribution in [1.82, 2.24) is 9.97 Å². The molecule has 2 aromatic carbocycles. The molecule has 0 spiro atoms. The summed E-state index contributed by atoms with van der Waals surface area (Å²) in [6, 6.07) is 12.0. The Labute approximate surface area is 156 Å². The quantitative estimate of drug-likeness (QED) is 0.617. The molecule has 0 unspecified atom stereocenters. The summed E-state index contributed by atoms with van der Waals surface area (Å²) in [5.41, 5.74) is 8.10. The first-order valence-corrected chi connectivity index (χ1v) is 8.42. The third kappa shape index (κ3) is 4.03. The lowest BCUT2D eigenvalue weighted by Crippen LogP contribution is -2.03. The largest absolute Gasteiger partial charge is 0.437 e. The van der Waals surface area contributed by atoms with Gasteiger partial charge in [-0.3, -0.25) is 0 Å². The van der Waals surface area contributed by atoms with Gasteiger partial charge in [0.15, 0.2) is 5.82 Å². The molecular formula is C19H18ClFN4O. The van der Waals surface area contributed by atoms with E-state index >= 15 is 0 Å². The number of hydrogen-bond donors (Lipinski definition) is 2. The van der Waals surface area contributed by atoms with Crippen LogP contribution in [0.4, 0.5) is 21.6 Å². The van der Waals surface area contributed by atoms with Gasteiger partial charge in [0.1, 0.15) is 23.6 Å². The van der Waals surface area contributed by atoms with Crippen LogP contribution in [0.2, 0.25) is 5.02 Å². The standard InChI is InChI=1S/C19H18ClFN4O/c1-11(2)12-3-6-14(7-4-12)26-19-17(22)18(23-10-24-19)25-13-5-8-16(21)15(20)9-13/h3-11H,22H2,1-2H3,(H,23,24,25). The van der Waals surface area contributed by atoms with Crippen LogP contribution < -0.4 is 15.8 Å². The fourth-order valence-electron chi connectivity index (χ4n) is 2.30. The van der Waals surface area contributed by atoms with Crippen molar-refractivity contribution in [3.05, 3.63) is 65.2 Å². The summed E-state index contributed by atoms with van der Waals surface area (Å²) < 4.78 is 19.0. The fourth-order valence-corrected chi connectivity index (χ4v) is 2.48. The number of nitrogens with one attached hydrogen (secondary N) is 1. The molecule has 3 aromatic rings. The highest BCUT2D eigenvalue weighted by atomic mass is 35.5. The molecule has 0 radical (unpaired) electrons. The molecule has 26 heavy (non-hydrogen) atoms. The maximum absolute atomic E-state index is 13.3. The van der Waals surface area contributed by atoms with E-state index in [0.717, 1.165) is 0 Å². The number of ether oxygens (including phenoxy) is 1. The van der Waals surface area contributed by atoms with Gasteiger partial charge in [-0.05, 0) is 41.8 Å². The summed E-state index contributed by atoms with van der Waals surface area (Å²) in [6.45, 7) is 4.25. The van der Waals surface area contributed by atoms with Crippen molar-refractivity contribution in [2.75, 3.05) is 11.1 Å². The number of nitrogens with two attached hydrogens (primary N) is 1. The van der Waals surface area contributed by atoms with Crippen LogP contribution in [0.3, 0.4) is 0 Å². The molecule has 0 aliphatic heterocycles. The SMILES string of the molecule is CC(C)c1ccc(Oc2ncnc(Nc3ccc(F)c(Cl)c3)c2N)cc1. The smallest absolute Gasteiger partial charge is 0.248 e. The van der Waals surface area contributed by atoms with Crippen LogP contribution in [-0.2, 0) is 0 Å². The second-order valence-corrected chi connectivity index (χ2v) is 6.43. The van der Waals surface area contributed by atoms with Crippen molar-refractivity contribution in [2.45, 2.75) is 19.8 Å². The predicted molar refractivity (Wildman–Crippen MR) is 102 cm³/mol. The van der Waals surface area contributed by atoms with E-state index in [1.807, 2.05) is 24.3 Å². The Morgan fingerprint density at radius 2 is 1.85 bits per heavy atom. The molecule has 0 saturated heterocycles. The van der Waals surface area contributed by atoms with Crippen LogP contribution >= 0.6 is 11.6 Å². The zero-order valence-corrected chi connectivity index (χ0v) is 15.1. The van der Waals surface area contributed by atoms with Crippen LogP contribution in [0.25, 0.3) is 0 Å². The van der Waals surface area contributed by atoms with E-state index in [9.17, 15) is 4.39 Å². The van der Waals surface area contributed by atoms with E-state index < -0.39 is 5.82 Å². The number of benzene rings is 2. The monoisotopic (exact) mass is 372 g/mol. The first-order valence-electron chi connectivity index (χ1n) is 8.04. The normalized spacial score (nSPS) is 10.8. The summed E-state index contributed by atoms with van der Waals surface area (Å²) in [7, 11) is 0. The summed E-state index contributed by atoms with van der Waals surface area (Å²) in [5, 5.41) is 2.99. The maximum Gasteiger partial charge on any atom is 0.248 e. The predicted octanol–water partition coefficient (Wildman–Crippen LogP) is 5.51. The highest BCUT2D eigenvalue weighted by Gasteiger charge is 2.12. The Balaban J connectivity index is 1.81. The van der Waals surface area contributed by atoms with Crippen LogP contribution in [0.15, 0.2) is 48.8 Å². The Hall–Kier alpha value is -2.86. The molecule has 5 nitrogen and oxygen atoms in total. The van der Waals surface area contributed by atoms with Crippen molar-refractivity contribution >= 4 is 28.8 Å². The molecule has 0 fully saturated rings. The minimum atomic E-state index is -0.498. The zero-order chi connectivity index (χ0) is 18.7. The summed E-state index contributed by atoms with van der Waals surface area (Å²) in [6.07, 6.45) is 1.33. The van der Waals surface area contributed by atoms with Crippen LogP contribution in [0, 0.1) is 5.82 Å². The lowest BCUT2D eigenvalue weighted by molar-refractivity contribution is 0.464. The van der Waals surface area contributed by atoms with Gasteiger partial charge in [0, 0.05) is 5.69 Å². The molecule has 1 aromatic heterocycles. The summed E-state index contributed by atoms with van der Waals surface area (Å²) in [5.74, 6) is 1.13. The molecule has 0 aliphatic rings. The zero-order valence-electron chi connectivity index (χ0n) is 14.3. The highest BCUT2D eigenvalue weighted by molar-refractivity contribution is 6.31.